The maximum Gasteiger partial charge on any atom is 1.00 e. The topological polar surface area (TPSA) is 50.0 Å². The van der Waals surface area contributed by atoms with E-state index in [1.165, 1.54) is 0 Å². The van der Waals surface area contributed by atoms with Crippen molar-refractivity contribution in [2.75, 3.05) is 26.4 Å². The first-order chi connectivity index (χ1) is 3.00. The van der Waals surface area contributed by atoms with E-state index in [2.05, 4.69) is 0 Å². The second kappa shape index (κ2) is 11.7. The van der Waals surface area contributed by atoms with Crippen molar-refractivity contribution in [1.29, 1.82) is 0 Å². The number of hydrogen-bond donors (Lipinski definition) is 0. The van der Waals surface area contributed by atoms with Gasteiger partial charge in [-0.25, -0.2) is 0 Å². The maximum atomic E-state index is 4.94. The largest absolute Gasteiger partial charge is 1.00 e. The SMILES string of the molecule is C1COCCO1.O.[BH4-].[Na+]. The Balaban J connectivity index is -0.000000120. The molecule has 0 aromatic heterocycles. The fraction of sp³-hybridized carbons (Fsp3) is 1.00. The van der Waals surface area contributed by atoms with Crippen LogP contribution in [-0.4, -0.2) is 40.3 Å². The van der Waals surface area contributed by atoms with Gasteiger partial charge in [-0.2, -0.15) is 0 Å². The summed E-state index contributed by atoms with van der Waals surface area (Å²) < 4.78 is 9.89. The van der Waals surface area contributed by atoms with Crippen molar-refractivity contribution in [3.8, 4) is 0 Å². The Kier molecular flexibility index (Phi) is 21.5. The van der Waals surface area contributed by atoms with Gasteiger partial charge in [0.1, 0.15) is 0 Å². The molecule has 0 spiro atoms. The average molecular weight is 144 g/mol. The molecular formula is C4H14BNaO3. The quantitative estimate of drug-likeness (QED) is 0.319. The zero-order valence-electron chi connectivity index (χ0n) is 5.14. The molecule has 0 aliphatic carbocycles. The first-order valence-electron chi connectivity index (χ1n) is 2.15. The average Bonchev–Trinajstić information content (AvgIpc) is 1.72. The van der Waals surface area contributed by atoms with E-state index in [1.54, 1.807) is 0 Å². The monoisotopic (exact) mass is 144 g/mol. The van der Waals surface area contributed by atoms with Gasteiger partial charge in [-0.1, -0.05) is 8.41 Å². The first kappa shape index (κ1) is 16.5. The summed E-state index contributed by atoms with van der Waals surface area (Å²) in [5.41, 5.74) is 0. The Morgan fingerprint density at radius 1 is 0.778 bits per heavy atom. The van der Waals surface area contributed by atoms with Gasteiger partial charge < -0.3 is 14.9 Å². The third-order valence-corrected chi connectivity index (χ3v) is 0.744. The summed E-state index contributed by atoms with van der Waals surface area (Å²) in [6.45, 7) is 3.11. The summed E-state index contributed by atoms with van der Waals surface area (Å²) in [7, 11) is 0. The fourth-order valence-corrected chi connectivity index (χ4v) is 0.440. The number of hydrogen-bond acceptors (Lipinski definition) is 2. The Bertz CT molecular complexity index is 31.3. The molecule has 52 valence electrons. The van der Waals surface area contributed by atoms with Gasteiger partial charge in [0.05, 0.1) is 26.4 Å². The molecule has 1 saturated heterocycles. The van der Waals surface area contributed by atoms with Crippen LogP contribution in [0.4, 0.5) is 0 Å². The van der Waals surface area contributed by atoms with Crippen molar-refractivity contribution in [3.05, 3.63) is 0 Å². The summed E-state index contributed by atoms with van der Waals surface area (Å²) in [5.74, 6) is 0. The molecular weight excluding hydrogens is 130 g/mol. The molecule has 0 atom stereocenters. The van der Waals surface area contributed by atoms with Gasteiger partial charge in [0.15, 0.2) is 0 Å². The molecule has 0 unspecified atom stereocenters. The Morgan fingerprint density at radius 3 is 1.11 bits per heavy atom. The van der Waals surface area contributed by atoms with E-state index in [-0.39, 0.29) is 43.4 Å². The molecule has 1 heterocycles. The minimum absolute atomic E-state index is 0. The molecule has 0 amide bonds. The third kappa shape index (κ3) is 8.94. The van der Waals surface area contributed by atoms with Crippen LogP contribution in [0.1, 0.15) is 0 Å². The predicted octanol–water partition coefficient (Wildman–Crippen LogP) is -5.24. The summed E-state index contributed by atoms with van der Waals surface area (Å²) in [6.07, 6.45) is 0. The summed E-state index contributed by atoms with van der Waals surface area (Å²) in [6, 6.07) is 0. The minimum atomic E-state index is 0. The van der Waals surface area contributed by atoms with E-state index in [1.807, 2.05) is 0 Å². The van der Waals surface area contributed by atoms with Crippen molar-refractivity contribution >= 4 is 8.41 Å². The smallest absolute Gasteiger partial charge is 0.412 e. The number of rotatable bonds is 0. The van der Waals surface area contributed by atoms with E-state index < -0.39 is 0 Å². The van der Waals surface area contributed by atoms with E-state index in [0.717, 1.165) is 26.4 Å². The molecule has 1 rings (SSSR count). The van der Waals surface area contributed by atoms with E-state index >= 15 is 0 Å². The molecule has 5 heteroatoms. The van der Waals surface area contributed by atoms with Gasteiger partial charge in [0, 0.05) is 0 Å². The van der Waals surface area contributed by atoms with Crippen molar-refractivity contribution in [1.82, 2.24) is 0 Å². The molecule has 0 aromatic carbocycles. The van der Waals surface area contributed by atoms with Crippen LogP contribution in [0, 0.1) is 0 Å². The van der Waals surface area contributed by atoms with Crippen LogP contribution in [0.15, 0.2) is 0 Å². The molecule has 0 aromatic rings. The van der Waals surface area contributed by atoms with Gasteiger partial charge in [-0.3, -0.25) is 0 Å². The molecule has 0 radical (unpaired) electrons. The van der Waals surface area contributed by atoms with Crippen molar-refractivity contribution in [2.24, 2.45) is 0 Å². The van der Waals surface area contributed by atoms with E-state index in [4.69, 9.17) is 9.47 Å². The zero-order chi connectivity index (χ0) is 4.24. The second-order valence-electron chi connectivity index (χ2n) is 1.22. The standard InChI is InChI=1S/C4H8O2.BH4.Na.H2O/c1-2-6-4-3-5-1;;;/h1-4H2;1H4;;1H2/q;-1;+1;. The molecule has 0 bridgehead atoms. The minimum Gasteiger partial charge on any atom is -0.412 e. The van der Waals surface area contributed by atoms with Crippen LogP contribution in [0.25, 0.3) is 0 Å². The Morgan fingerprint density at radius 2 is 1.00 bits per heavy atom. The van der Waals surface area contributed by atoms with Crippen LogP contribution in [0.3, 0.4) is 0 Å². The van der Waals surface area contributed by atoms with Crippen molar-refractivity contribution in [3.63, 3.8) is 0 Å². The van der Waals surface area contributed by atoms with Crippen LogP contribution < -0.4 is 29.6 Å². The van der Waals surface area contributed by atoms with Gasteiger partial charge in [0.25, 0.3) is 0 Å². The normalized spacial score (nSPS) is 16.0. The van der Waals surface area contributed by atoms with Crippen molar-refractivity contribution < 1.29 is 44.5 Å². The van der Waals surface area contributed by atoms with E-state index in [0.29, 0.717) is 0 Å². The number of ether oxygens (including phenoxy) is 2. The van der Waals surface area contributed by atoms with Gasteiger partial charge in [-0.05, 0) is 0 Å². The molecule has 1 aliphatic rings. The van der Waals surface area contributed by atoms with Gasteiger partial charge in [0.2, 0.25) is 0 Å². The summed E-state index contributed by atoms with van der Waals surface area (Å²) in [4.78, 5) is 0. The van der Waals surface area contributed by atoms with Crippen LogP contribution in [0.2, 0.25) is 0 Å². The third-order valence-electron chi connectivity index (χ3n) is 0.744. The summed E-state index contributed by atoms with van der Waals surface area (Å²) in [5, 5.41) is 0. The zero-order valence-corrected chi connectivity index (χ0v) is 7.14. The summed E-state index contributed by atoms with van der Waals surface area (Å²) >= 11 is 0. The molecule has 2 N–H and O–H groups in total. The van der Waals surface area contributed by atoms with Crippen LogP contribution in [0.5, 0.6) is 0 Å². The van der Waals surface area contributed by atoms with Crippen molar-refractivity contribution in [2.45, 2.75) is 0 Å². The predicted molar refractivity (Wildman–Crippen MR) is 36.6 cm³/mol. The van der Waals surface area contributed by atoms with Crippen LogP contribution >= 0.6 is 0 Å². The molecule has 3 nitrogen and oxygen atoms in total. The first-order valence-corrected chi connectivity index (χ1v) is 2.15. The maximum absolute atomic E-state index is 4.94. The molecule has 0 saturated carbocycles. The molecule has 1 fully saturated rings. The van der Waals surface area contributed by atoms with Crippen LogP contribution in [-0.2, 0) is 9.47 Å². The Hall–Kier alpha value is 0.945. The van der Waals surface area contributed by atoms with E-state index in [9.17, 15) is 0 Å². The fourth-order valence-electron chi connectivity index (χ4n) is 0.440. The Labute approximate surface area is 79.3 Å². The molecule has 1 aliphatic heterocycles. The molecule has 9 heavy (non-hydrogen) atoms. The van der Waals surface area contributed by atoms with Gasteiger partial charge >= 0.3 is 29.6 Å². The second-order valence-corrected chi connectivity index (χ2v) is 1.22. The van der Waals surface area contributed by atoms with Gasteiger partial charge in [-0.15, -0.1) is 0 Å².